The van der Waals surface area contributed by atoms with E-state index in [1.807, 2.05) is 0 Å². The molecule has 25 heavy (non-hydrogen) atoms. The number of aliphatic hydroxyl groups excluding tert-OH is 1. The number of rotatable bonds is 9. The number of hydrogen-bond acceptors (Lipinski definition) is 10. The molecular formula is C14H22N2O9. The summed E-state index contributed by atoms with van der Waals surface area (Å²) in [6.45, 7) is 3.80. The zero-order chi connectivity index (χ0) is 19.6. The van der Waals surface area contributed by atoms with Gasteiger partial charge in [-0.3, -0.25) is 19.2 Å². The SMILES string of the molecule is CC(=O)NC(/C=N/O)[C@@H](OC(C)=O)[C@@H](OC(C)=O)C(O)COC(C)=O. The molecule has 0 aromatic carbocycles. The van der Waals surface area contributed by atoms with Crippen molar-refractivity contribution in [2.45, 2.75) is 52.0 Å². The van der Waals surface area contributed by atoms with Crippen LogP contribution in [-0.2, 0) is 33.4 Å². The number of esters is 3. The number of amides is 1. The quantitative estimate of drug-likeness (QED) is 0.149. The Labute approximate surface area is 143 Å². The van der Waals surface area contributed by atoms with Crippen molar-refractivity contribution in [1.29, 1.82) is 0 Å². The van der Waals surface area contributed by atoms with Crippen molar-refractivity contribution in [2.24, 2.45) is 5.16 Å². The van der Waals surface area contributed by atoms with Crippen LogP contribution in [0.15, 0.2) is 5.16 Å². The summed E-state index contributed by atoms with van der Waals surface area (Å²) in [5.74, 6) is -2.91. The minimum atomic E-state index is -1.58. The molecule has 0 aliphatic heterocycles. The molecule has 11 nitrogen and oxygen atoms in total. The first kappa shape index (κ1) is 22.3. The predicted octanol–water partition coefficient (Wildman–Crippen LogP) is -1.26. The maximum atomic E-state index is 11.4. The van der Waals surface area contributed by atoms with Gasteiger partial charge in [0.15, 0.2) is 12.2 Å². The molecular weight excluding hydrogens is 340 g/mol. The second-order valence-electron chi connectivity index (χ2n) is 5.01. The van der Waals surface area contributed by atoms with Crippen molar-refractivity contribution in [1.82, 2.24) is 5.32 Å². The van der Waals surface area contributed by atoms with Gasteiger partial charge >= 0.3 is 17.9 Å². The van der Waals surface area contributed by atoms with E-state index in [2.05, 4.69) is 15.2 Å². The van der Waals surface area contributed by atoms with Crippen LogP contribution in [0.2, 0.25) is 0 Å². The molecule has 0 spiro atoms. The average molecular weight is 362 g/mol. The zero-order valence-corrected chi connectivity index (χ0v) is 14.3. The number of oxime groups is 1. The van der Waals surface area contributed by atoms with Crippen molar-refractivity contribution in [2.75, 3.05) is 6.61 Å². The fraction of sp³-hybridized carbons (Fsp3) is 0.643. The van der Waals surface area contributed by atoms with E-state index in [-0.39, 0.29) is 0 Å². The first-order valence-electron chi connectivity index (χ1n) is 7.19. The Balaban J connectivity index is 5.69. The molecule has 1 amide bonds. The lowest BCUT2D eigenvalue weighted by Crippen LogP contribution is -2.56. The molecule has 0 rings (SSSR count). The van der Waals surface area contributed by atoms with E-state index < -0.39 is 54.8 Å². The van der Waals surface area contributed by atoms with Crippen LogP contribution in [0.5, 0.6) is 0 Å². The number of aliphatic hydroxyl groups is 1. The van der Waals surface area contributed by atoms with Gasteiger partial charge in [0.1, 0.15) is 18.8 Å². The second kappa shape index (κ2) is 11.0. The molecule has 142 valence electrons. The summed E-state index contributed by atoms with van der Waals surface area (Å²) in [5, 5.41) is 24.0. The summed E-state index contributed by atoms with van der Waals surface area (Å²) in [6.07, 6.45) is -3.73. The number of carbonyl (C=O) groups is 4. The molecule has 3 N–H and O–H groups in total. The number of nitrogens with zero attached hydrogens (tertiary/aromatic N) is 1. The van der Waals surface area contributed by atoms with Gasteiger partial charge in [0.25, 0.3) is 0 Å². The molecule has 0 saturated heterocycles. The maximum Gasteiger partial charge on any atom is 0.303 e. The van der Waals surface area contributed by atoms with Crippen LogP contribution >= 0.6 is 0 Å². The van der Waals surface area contributed by atoms with Crippen LogP contribution in [0.1, 0.15) is 27.7 Å². The highest BCUT2D eigenvalue weighted by molar-refractivity contribution is 5.79. The topological polar surface area (TPSA) is 161 Å². The third-order valence-corrected chi connectivity index (χ3v) is 2.72. The first-order valence-corrected chi connectivity index (χ1v) is 7.19. The number of carbonyl (C=O) groups excluding carboxylic acids is 4. The van der Waals surface area contributed by atoms with Crippen LogP contribution in [0.4, 0.5) is 0 Å². The largest absolute Gasteiger partial charge is 0.463 e. The highest BCUT2D eigenvalue weighted by Crippen LogP contribution is 2.15. The van der Waals surface area contributed by atoms with Crippen molar-refractivity contribution in [3.05, 3.63) is 0 Å². The standard InChI is InChI=1S/C14H22N2O9/c1-7(17)16-11(5-15-22)13(24-9(3)19)14(25-10(4)20)12(21)6-23-8(2)18/h5,11-14,21-22H,6H2,1-4H3,(H,16,17)/b15-5+/t11?,12?,13-,14+/m1/s1. The normalized spacial score (nSPS) is 15.6. The Kier molecular flexibility index (Phi) is 9.79. The number of nitrogens with one attached hydrogen (secondary N) is 1. The number of ether oxygens (including phenoxy) is 3. The summed E-state index contributed by atoms with van der Waals surface area (Å²) in [4.78, 5) is 44.9. The second-order valence-corrected chi connectivity index (χ2v) is 5.01. The molecule has 11 heteroatoms. The lowest BCUT2D eigenvalue weighted by Gasteiger charge is -2.33. The predicted molar refractivity (Wildman–Crippen MR) is 81.6 cm³/mol. The van der Waals surface area contributed by atoms with Gasteiger partial charge in [-0.05, 0) is 0 Å². The molecule has 4 atom stereocenters. The average Bonchev–Trinajstić information content (AvgIpc) is 2.47. The third kappa shape index (κ3) is 9.25. The Bertz CT molecular complexity index is 520. The lowest BCUT2D eigenvalue weighted by molar-refractivity contribution is -0.180. The van der Waals surface area contributed by atoms with Crippen LogP contribution in [0.25, 0.3) is 0 Å². The van der Waals surface area contributed by atoms with Gasteiger partial charge in [-0.1, -0.05) is 5.16 Å². The fourth-order valence-corrected chi connectivity index (χ4v) is 1.90. The maximum absolute atomic E-state index is 11.4. The van der Waals surface area contributed by atoms with E-state index in [4.69, 9.17) is 14.7 Å². The van der Waals surface area contributed by atoms with Crippen molar-refractivity contribution < 1.29 is 43.7 Å². The van der Waals surface area contributed by atoms with Gasteiger partial charge in [0, 0.05) is 27.7 Å². The third-order valence-electron chi connectivity index (χ3n) is 2.72. The summed E-state index contributed by atoms with van der Waals surface area (Å²) < 4.78 is 14.6. The smallest absolute Gasteiger partial charge is 0.303 e. The van der Waals surface area contributed by atoms with Gasteiger partial charge in [-0.2, -0.15) is 0 Å². The van der Waals surface area contributed by atoms with Crippen molar-refractivity contribution >= 4 is 30.0 Å². The van der Waals surface area contributed by atoms with Gasteiger partial charge in [-0.15, -0.1) is 0 Å². The summed E-state index contributed by atoms with van der Waals surface area (Å²) in [7, 11) is 0. The first-order chi connectivity index (χ1) is 11.6. The van der Waals surface area contributed by atoms with Gasteiger partial charge in [0.2, 0.25) is 5.91 Å². The molecule has 0 aromatic rings. The lowest BCUT2D eigenvalue weighted by atomic mass is 10.0. The summed E-state index contributed by atoms with van der Waals surface area (Å²) in [6, 6.07) is -1.23. The van der Waals surface area contributed by atoms with Gasteiger partial charge in [-0.25, -0.2) is 0 Å². The molecule has 2 unspecified atom stereocenters. The Morgan fingerprint density at radius 1 is 1.00 bits per heavy atom. The Morgan fingerprint density at radius 3 is 1.92 bits per heavy atom. The molecule has 0 bridgehead atoms. The highest BCUT2D eigenvalue weighted by atomic mass is 16.6. The molecule has 0 heterocycles. The minimum absolute atomic E-state index is 0.561. The monoisotopic (exact) mass is 362 g/mol. The summed E-state index contributed by atoms with van der Waals surface area (Å²) >= 11 is 0. The van der Waals surface area contributed by atoms with E-state index in [0.717, 1.165) is 33.9 Å². The van der Waals surface area contributed by atoms with Crippen LogP contribution in [0, 0.1) is 0 Å². The number of hydrogen-bond donors (Lipinski definition) is 3. The minimum Gasteiger partial charge on any atom is -0.463 e. The molecule has 0 aliphatic rings. The van der Waals surface area contributed by atoms with Crippen LogP contribution in [-0.4, -0.2) is 71.3 Å². The fourth-order valence-electron chi connectivity index (χ4n) is 1.90. The van der Waals surface area contributed by atoms with E-state index in [9.17, 15) is 24.3 Å². The molecule has 0 saturated carbocycles. The van der Waals surface area contributed by atoms with Gasteiger partial charge < -0.3 is 29.8 Å². The molecule has 0 radical (unpaired) electrons. The Morgan fingerprint density at radius 2 is 1.52 bits per heavy atom. The molecule has 0 aromatic heterocycles. The highest BCUT2D eigenvalue weighted by Gasteiger charge is 2.40. The van der Waals surface area contributed by atoms with Gasteiger partial charge in [0.05, 0.1) is 6.21 Å². The van der Waals surface area contributed by atoms with E-state index >= 15 is 0 Å². The zero-order valence-electron chi connectivity index (χ0n) is 14.3. The van der Waals surface area contributed by atoms with E-state index in [1.165, 1.54) is 0 Å². The molecule has 0 fully saturated rings. The van der Waals surface area contributed by atoms with Crippen LogP contribution in [0.3, 0.4) is 0 Å². The van der Waals surface area contributed by atoms with Crippen molar-refractivity contribution in [3.63, 3.8) is 0 Å². The van der Waals surface area contributed by atoms with Crippen LogP contribution < -0.4 is 5.32 Å². The van der Waals surface area contributed by atoms with E-state index in [0.29, 0.717) is 0 Å². The molecule has 0 aliphatic carbocycles. The van der Waals surface area contributed by atoms with E-state index in [1.54, 1.807) is 0 Å². The summed E-state index contributed by atoms with van der Waals surface area (Å²) in [5.41, 5.74) is 0. The Hall–Kier alpha value is -2.69. The van der Waals surface area contributed by atoms with Crippen molar-refractivity contribution in [3.8, 4) is 0 Å².